The molecule has 1 aromatic rings. The molecule has 6 nitrogen and oxygen atoms in total. The van der Waals surface area contributed by atoms with Crippen molar-refractivity contribution in [2.45, 2.75) is 37.8 Å². The number of piperazine rings is 1. The largest absolute Gasteiger partial charge is 0.381 e. The van der Waals surface area contributed by atoms with E-state index < -0.39 is 0 Å². The summed E-state index contributed by atoms with van der Waals surface area (Å²) >= 11 is 0. The highest BCUT2D eigenvalue weighted by Gasteiger charge is 2.27. The van der Waals surface area contributed by atoms with E-state index in [0.29, 0.717) is 12.1 Å². The van der Waals surface area contributed by atoms with Gasteiger partial charge >= 0.3 is 0 Å². The molecule has 1 aromatic heterocycles. The van der Waals surface area contributed by atoms with Gasteiger partial charge in [-0.25, -0.2) is 4.98 Å². The molecule has 0 spiro atoms. The zero-order valence-corrected chi connectivity index (χ0v) is 14.1. The van der Waals surface area contributed by atoms with Crippen molar-refractivity contribution in [3.05, 3.63) is 23.9 Å². The van der Waals surface area contributed by atoms with E-state index in [1.165, 1.54) is 0 Å². The van der Waals surface area contributed by atoms with Gasteiger partial charge in [0, 0.05) is 63.2 Å². The van der Waals surface area contributed by atoms with Crippen molar-refractivity contribution in [3.8, 4) is 0 Å². The Hall–Kier alpha value is -1.66. The Kier molecular flexibility index (Phi) is 4.67. The van der Waals surface area contributed by atoms with Crippen LogP contribution in [-0.4, -0.2) is 67.3 Å². The predicted octanol–water partition coefficient (Wildman–Crippen LogP) is 1.27. The molecule has 3 heterocycles. The van der Waals surface area contributed by atoms with Crippen LogP contribution >= 0.6 is 0 Å². The average molecular weight is 330 g/mol. The lowest BCUT2D eigenvalue weighted by molar-refractivity contribution is 0.0321. The van der Waals surface area contributed by atoms with Crippen LogP contribution in [0.5, 0.6) is 0 Å². The van der Waals surface area contributed by atoms with Crippen molar-refractivity contribution in [2.75, 3.05) is 44.3 Å². The SMILES string of the molecule is O=C(NC1CC1)c1ccnc(N2CCN(C3CCOCC3)CC2)c1. The lowest BCUT2D eigenvalue weighted by atomic mass is 10.1. The minimum absolute atomic E-state index is 0.0296. The summed E-state index contributed by atoms with van der Waals surface area (Å²) in [6.07, 6.45) is 6.27. The standard InChI is InChI=1S/C18H26N4O2/c23-18(20-15-1-2-15)14-3-6-19-17(13-14)22-9-7-21(8-10-22)16-4-11-24-12-5-16/h3,6,13,15-16H,1-2,4-5,7-12H2,(H,20,23). The third-order valence-electron chi connectivity index (χ3n) is 5.27. The fourth-order valence-electron chi connectivity index (χ4n) is 3.60. The molecule has 2 aliphatic heterocycles. The van der Waals surface area contributed by atoms with Gasteiger partial charge in [-0.1, -0.05) is 0 Å². The number of hydrogen-bond donors (Lipinski definition) is 1. The maximum absolute atomic E-state index is 12.2. The molecule has 1 N–H and O–H groups in total. The summed E-state index contributed by atoms with van der Waals surface area (Å²) in [5.41, 5.74) is 0.721. The van der Waals surface area contributed by atoms with Crippen LogP contribution in [0, 0.1) is 0 Å². The summed E-state index contributed by atoms with van der Waals surface area (Å²) in [7, 11) is 0. The van der Waals surface area contributed by atoms with E-state index in [0.717, 1.165) is 76.5 Å². The second kappa shape index (κ2) is 7.07. The number of anilines is 1. The minimum Gasteiger partial charge on any atom is -0.381 e. The summed E-state index contributed by atoms with van der Waals surface area (Å²) in [5.74, 6) is 0.951. The van der Waals surface area contributed by atoms with Crippen molar-refractivity contribution in [1.29, 1.82) is 0 Å². The van der Waals surface area contributed by atoms with Gasteiger partial charge in [-0.05, 0) is 37.8 Å². The highest BCUT2D eigenvalue weighted by atomic mass is 16.5. The number of nitrogens with one attached hydrogen (secondary N) is 1. The van der Waals surface area contributed by atoms with Crippen LogP contribution < -0.4 is 10.2 Å². The zero-order chi connectivity index (χ0) is 16.4. The van der Waals surface area contributed by atoms with E-state index in [-0.39, 0.29) is 5.91 Å². The Balaban J connectivity index is 1.35. The molecule has 0 atom stereocenters. The van der Waals surface area contributed by atoms with Gasteiger partial charge in [0.25, 0.3) is 5.91 Å². The van der Waals surface area contributed by atoms with E-state index in [9.17, 15) is 4.79 Å². The minimum atomic E-state index is 0.0296. The van der Waals surface area contributed by atoms with Crippen molar-refractivity contribution in [3.63, 3.8) is 0 Å². The van der Waals surface area contributed by atoms with Crippen LogP contribution in [0.1, 0.15) is 36.0 Å². The van der Waals surface area contributed by atoms with E-state index in [1.807, 2.05) is 6.07 Å². The Morgan fingerprint density at radius 2 is 1.88 bits per heavy atom. The Morgan fingerprint density at radius 3 is 2.58 bits per heavy atom. The molecule has 4 rings (SSSR count). The Labute approximate surface area is 143 Å². The highest BCUT2D eigenvalue weighted by molar-refractivity contribution is 5.95. The first-order chi connectivity index (χ1) is 11.8. The molecule has 0 unspecified atom stereocenters. The van der Waals surface area contributed by atoms with Crippen molar-refractivity contribution >= 4 is 11.7 Å². The number of carbonyl (C=O) groups is 1. The average Bonchev–Trinajstić information content (AvgIpc) is 3.47. The summed E-state index contributed by atoms with van der Waals surface area (Å²) in [5, 5.41) is 3.05. The van der Waals surface area contributed by atoms with Crippen molar-refractivity contribution in [1.82, 2.24) is 15.2 Å². The number of carbonyl (C=O) groups excluding carboxylic acids is 1. The molecule has 0 bridgehead atoms. The van der Waals surface area contributed by atoms with Crippen LogP contribution in [0.15, 0.2) is 18.3 Å². The Bertz CT molecular complexity index is 576. The molecular formula is C18H26N4O2. The molecule has 6 heteroatoms. The van der Waals surface area contributed by atoms with Gasteiger partial charge < -0.3 is 15.0 Å². The zero-order valence-electron chi connectivity index (χ0n) is 14.1. The second-order valence-electron chi connectivity index (χ2n) is 7.02. The normalized spacial score (nSPS) is 23.2. The number of rotatable bonds is 4. The fraction of sp³-hybridized carbons (Fsp3) is 0.667. The summed E-state index contributed by atoms with van der Waals surface area (Å²) in [6.45, 7) is 5.85. The molecule has 1 saturated carbocycles. The van der Waals surface area contributed by atoms with Crippen LogP contribution in [0.3, 0.4) is 0 Å². The van der Waals surface area contributed by atoms with Crippen LogP contribution in [0.4, 0.5) is 5.82 Å². The van der Waals surface area contributed by atoms with Gasteiger partial charge in [0.1, 0.15) is 5.82 Å². The summed E-state index contributed by atoms with van der Waals surface area (Å²) in [4.78, 5) is 21.6. The molecule has 1 amide bonds. The monoisotopic (exact) mass is 330 g/mol. The highest BCUT2D eigenvalue weighted by Crippen LogP contribution is 2.22. The van der Waals surface area contributed by atoms with Crippen molar-refractivity contribution in [2.24, 2.45) is 0 Å². The smallest absolute Gasteiger partial charge is 0.251 e. The molecule has 3 aliphatic rings. The second-order valence-corrected chi connectivity index (χ2v) is 7.02. The summed E-state index contributed by atoms with van der Waals surface area (Å²) < 4.78 is 5.46. The molecule has 24 heavy (non-hydrogen) atoms. The van der Waals surface area contributed by atoms with Gasteiger partial charge in [-0.2, -0.15) is 0 Å². The summed E-state index contributed by atoms with van der Waals surface area (Å²) in [6, 6.07) is 4.79. The molecule has 0 radical (unpaired) electrons. The first kappa shape index (κ1) is 15.8. The van der Waals surface area contributed by atoms with Gasteiger partial charge in [0.05, 0.1) is 0 Å². The van der Waals surface area contributed by atoms with E-state index >= 15 is 0 Å². The molecule has 2 saturated heterocycles. The molecular weight excluding hydrogens is 304 g/mol. The Morgan fingerprint density at radius 1 is 1.12 bits per heavy atom. The quantitative estimate of drug-likeness (QED) is 0.901. The maximum Gasteiger partial charge on any atom is 0.251 e. The van der Waals surface area contributed by atoms with Crippen LogP contribution in [0.2, 0.25) is 0 Å². The number of aromatic nitrogens is 1. The third-order valence-corrected chi connectivity index (χ3v) is 5.27. The van der Waals surface area contributed by atoms with E-state index in [1.54, 1.807) is 12.3 Å². The maximum atomic E-state index is 12.2. The van der Waals surface area contributed by atoms with Crippen LogP contribution in [-0.2, 0) is 4.74 Å². The fourth-order valence-corrected chi connectivity index (χ4v) is 3.60. The topological polar surface area (TPSA) is 57.7 Å². The van der Waals surface area contributed by atoms with Gasteiger partial charge in [-0.15, -0.1) is 0 Å². The first-order valence-electron chi connectivity index (χ1n) is 9.13. The van der Waals surface area contributed by atoms with Gasteiger partial charge in [-0.3, -0.25) is 9.69 Å². The number of ether oxygens (including phenoxy) is 1. The molecule has 130 valence electrons. The van der Waals surface area contributed by atoms with E-state index in [4.69, 9.17) is 4.74 Å². The van der Waals surface area contributed by atoms with Gasteiger partial charge in [0.15, 0.2) is 0 Å². The van der Waals surface area contributed by atoms with E-state index in [2.05, 4.69) is 20.1 Å². The lowest BCUT2D eigenvalue weighted by Crippen LogP contribution is -2.51. The lowest BCUT2D eigenvalue weighted by Gasteiger charge is -2.41. The third kappa shape index (κ3) is 3.70. The number of pyridine rings is 1. The molecule has 1 aliphatic carbocycles. The van der Waals surface area contributed by atoms with Gasteiger partial charge in [0.2, 0.25) is 0 Å². The number of hydrogen-bond acceptors (Lipinski definition) is 5. The number of nitrogens with zero attached hydrogens (tertiary/aromatic N) is 3. The molecule has 3 fully saturated rings. The molecule has 0 aromatic carbocycles. The number of amides is 1. The first-order valence-corrected chi connectivity index (χ1v) is 9.13. The van der Waals surface area contributed by atoms with Crippen molar-refractivity contribution < 1.29 is 9.53 Å². The van der Waals surface area contributed by atoms with Crippen LogP contribution in [0.25, 0.3) is 0 Å². The predicted molar refractivity (Wildman–Crippen MR) is 92.4 cm³/mol.